The van der Waals surface area contributed by atoms with Gasteiger partial charge in [0.15, 0.2) is 0 Å². The second-order valence-corrected chi connectivity index (χ2v) is 5.69. The van der Waals surface area contributed by atoms with Crippen molar-refractivity contribution in [1.82, 2.24) is 0 Å². The zero-order valence-corrected chi connectivity index (χ0v) is 8.53. The molecule has 0 aromatic heterocycles. The molecule has 0 bridgehead atoms. The summed E-state index contributed by atoms with van der Waals surface area (Å²) in [5.41, 5.74) is -0.269. The molecule has 0 fully saturated rings. The molecular formula is C7H16O3S. The maximum Gasteiger partial charge on any atom is 0.270 e. The molecule has 0 rings (SSSR count). The Morgan fingerprint density at radius 3 is 1.73 bits per heavy atom. The average Bonchev–Trinajstić information content (AvgIpc) is 1.84. The second-order valence-electron chi connectivity index (χ2n) is 3.67. The topological polar surface area (TPSA) is 43.4 Å². The monoisotopic (exact) mass is 180 g/mol. The van der Waals surface area contributed by atoms with Gasteiger partial charge in [-0.3, -0.25) is 4.18 Å². The molecule has 0 heterocycles. The van der Waals surface area contributed by atoms with Crippen LogP contribution in [0.15, 0.2) is 0 Å². The van der Waals surface area contributed by atoms with Crippen molar-refractivity contribution in [3.05, 3.63) is 0 Å². The predicted octanol–water partition coefficient (Wildman–Crippen LogP) is 1.40. The number of hydrogen-bond donors (Lipinski definition) is 0. The van der Waals surface area contributed by atoms with E-state index in [0.717, 1.165) is 0 Å². The molecule has 1 atom stereocenters. The minimum atomic E-state index is -3.36. The second kappa shape index (κ2) is 3.11. The van der Waals surface area contributed by atoms with E-state index in [1.807, 2.05) is 20.8 Å². The van der Waals surface area contributed by atoms with Crippen LogP contribution in [0.4, 0.5) is 0 Å². The molecule has 0 amide bonds. The van der Waals surface area contributed by atoms with Gasteiger partial charge in [-0.25, -0.2) is 0 Å². The fourth-order valence-corrected chi connectivity index (χ4v) is 1.73. The van der Waals surface area contributed by atoms with Crippen LogP contribution in [0.2, 0.25) is 0 Å². The Kier molecular flexibility index (Phi) is 3.08. The third-order valence-electron chi connectivity index (χ3n) is 1.88. The standard InChI is InChI=1S/C7H16O3S/c1-6(7(2,3)4)11(8,9)10-5/h6H,1-5H3. The van der Waals surface area contributed by atoms with E-state index in [4.69, 9.17) is 0 Å². The van der Waals surface area contributed by atoms with Crippen LogP contribution in [0.3, 0.4) is 0 Å². The molecule has 1 unspecified atom stereocenters. The minimum Gasteiger partial charge on any atom is -0.273 e. The zero-order chi connectivity index (χ0) is 9.28. The Balaban J connectivity index is 4.64. The third kappa shape index (κ3) is 2.79. The summed E-state index contributed by atoms with van der Waals surface area (Å²) in [6, 6.07) is 0. The van der Waals surface area contributed by atoms with Crippen molar-refractivity contribution in [1.29, 1.82) is 0 Å². The summed E-state index contributed by atoms with van der Waals surface area (Å²) >= 11 is 0. The Hall–Kier alpha value is -0.0900. The van der Waals surface area contributed by atoms with Crippen LogP contribution in [-0.4, -0.2) is 20.8 Å². The van der Waals surface area contributed by atoms with E-state index >= 15 is 0 Å². The molecular weight excluding hydrogens is 164 g/mol. The van der Waals surface area contributed by atoms with E-state index in [2.05, 4.69) is 4.18 Å². The Morgan fingerprint density at radius 2 is 1.64 bits per heavy atom. The fraction of sp³-hybridized carbons (Fsp3) is 1.00. The molecule has 0 aromatic carbocycles. The van der Waals surface area contributed by atoms with Gasteiger partial charge in [-0.15, -0.1) is 0 Å². The van der Waals surface area contributed by atoms with Gasteiger partial charge in [-0.2, -0.15) is 8.42 Å². The molecule has 0 aliphatic rings. The summed E-state index contributed by atoms with van der Waals surface area (Å²) in [6.07, 6.45) is 0. The van der Waals surface area contributed by atoms with E-state index in [1.54, 1.807) is 6.92 Å². The highest BCUT2D eigenvalue weighted by molar-refractivity contribution is 7.87. The lowest BCUT2D eigenvalue weighted by atomic mass is 9.93. The lowest BCUT2D eigenvalue weighted by Gasteiger charge is -2.25. The van der Waals surface area contributed by atoms with Gasteiger partial charge in [0.25, 0.3) is 10.1 Å². The van der Waals surface area contributed by atoms with E-state index in [-0.39, 0.29) is 5.41 Å². The van der Waals surface area contributed by atoms with Crippen molar-refractivity contribution < 1.29 is 12.6 Å². The SMILES string of the molecule is COS(=O)(=O)C(C)C(C)(C)C. The quantitative estimate of drug-likeness (QED) is 0.603. The molecule has 0 aliphatic carbocycles. The molecule has 0 saturated carbocycles. The Bertz CT molecular complexity index is 210. The van der Waals surface area contributed by atoms with Crippen molar-refractivity contribution in [2.24, 2.45) is 5.41 Å². The summed E-state index contributed by atoms with van der Waals surface area (Å²) in [5, 5.41) is -0.472. The fourth-order valence-electron chi connectivity index (χ4n) is 0.577. The van der Waals surface area contributed by atoms with Gasteiger partial charge in [0, 0.05) is 0 Å². The summed E-state index contributed by atoms with van der Waals surface area (Å²) in [5.74, 6) is 0. The molecule has 68 valence electrons. The summed E-state index contributed by atoms with van der Waals surface area (Å²) in [4.78, 5) is 0. The highest BCUT2D eigenvalue weighted by Gasteiger charge is 2.31. The van der Waals surface area contributed by atoms with Gasteiger partial charge in [-0.1, -0.05) is 20.8 Å². The first-order valence-electron chi connectivity index (χ1n) is 3.51. The van der Waals surface area contributed by atoms with Crippen molar-refractivity contribution in [2.75, 3.05) is 7.11 Å². The van der Waals surface area contributed by atoms with Gasteiger partial charge < -0.3 is 0 Å². The lowest BCUT2D eigenvalue weighted by Crippen LogP contribution is -2.32. The van der Waals surface area contributed by atoms with E-state index in [1.165, 1.54) is 7.11 Å². The number of hydrogen-bond acceptors (Lipinski definition) is 3. The molecule has 4 heteroatoms. The number of rotatable bonds is 2. The molecule has 0 N–H and O–H groups in total. The van der Waals surface area contributed by atoms with Crippen molar-refractivity contribution in [2.45, 2.75) is 32.9 Å². The average molecular weight is 180 g/mol. The van der Waals surface area contributed by atoms with Crippen LogP contribution in [0.5, 0.6) is 0 Å². The Morgan fingerprint density at radius 1 is 1.27 bits per heavy atom. The largest absolute Gasteiger partial charge is 0.273 e. The van der Waals surface area contributed by atoms with Crippen LogP contribution in [0.1, 0.15) is 27.7 Å². The van der Waals surface area contributed by atoms with Crippen LogP contribution in [0, 0.1) is 5.41 Å². The van der Waals surface area contributed by atoms with Crippen LogP contribution >= 0.6 is 0 Å². The van der Waals surface area contributed by atoms with Crippen LogP contribution < -0.4 is 0 Å². The molecule has 0 saturated heterocycles. The highest BCUT2D eigenvalue weighted by Crippen LogP contribution is 2.25. The van der Waals surface area contributed by atoms with Gasteiger partial charge in [0.05, 0.1) is 12.4 Å². The molecule has 0 aliphatic heterocycles. The predicted molar refractivity (Wildman–Crippen MR) is 44.8 cm³/mol. The van der Waals surface area contributed by atoms with Gasteiger partial charge in [-0.05, 0) is 12.3 Å². The summed E-state index contributed by atoms with van der Waals surface area (Å²) in [7, 11) is -2.16. The maximum absolute atomic E-state index is 11.1. The summed E-state index contributed by atoms with van der Waals surface area (Å²) < 4.78 is 26.6. The first-order chi connectivity index (χ1) is 4.72. The third-order valence-corrected chi connectivity index (χ3v) is 3.92. The van der Waals surface area contributed by atoms with Crippen LogP contribution in [-0.2, 0) is 14.3 Å². The molecule has 0 radical (unpaired) electrons. The van der Waals surface area contributed by atoms with Crippen molar-refractivity contribution >= 4 is 10.1 Å². The first-order valence-corrected chi connectivity index (χ1v) is 4.98. The minimum absolute atomic E-state index is 0.269. The van der Waals surface area contributed by atoms with Gasteiger partial charge >= 0.3 is 0 Å². The Labute approximate surface area is 68.9 Å². The normalized spacial score (nSPS) is 16.5. The molecule has 0 spiro atoms. The van der Waals surface area contributed by atoms with Gasteiger partial charge in [0.2, 0.25) is 0 Å². The molecule has 3 nitrogen and oxygen atoms in total. The van der Waals surface area contributed by atoms with Gasteiger partial charge in [0.1, 0.15) is 0 Å². The highest BCUT2D eigenvalue weighted by atomic mass is 32.2. The van der Waals surface area contributed by atoms with Crippen molar-refractivity contribution in [3.63, 3.8) is 0 Å². The molecule has 0 aromatic rings. The maximum atomic E-state index is 11.1. The van der Waals surface area contributed by atoms with E-state index in [0.29, 0.717) is 0 Å². The summed E-state index contributed by atoms with van der Waals surface area (Å²) in [6.45, 7) is 7.26. The first kappa shape index (κ1) is 10.9. The zero-order valence-electron chi connectivity index (χ0n) is 7.71. The lowest BCUT2D eigenvalue weighted by molar-refractivity contribution is 0.335. The van der Waals surface area contributed by atoms with E-state index in [9.17, 15) is 8.42 Å². The molecule has 11 heavy (non-hydrogen) atoms. The van der Waals surface area contributed by atoms with E-state index < -0.39 is 15.4 Å². The van der Waals surface area contributed by atoms with Crippen molar-refractivity contribution in [3.8, 4) is 0 Å². The smallest absolute Gasteiger partial charge is 0.270 e. The van der Waals surface area contributed by atoms with Crippen LogP contribution in [0.25, 0.3) is 0 Å².